The highest BCUT2D eigenvalue weighted by Crippen LogP contribution is 2.23. The molecule has 0 aliphatic rings. The Morgan fingerprint density at radius 3 is 2.58 bits per heavy atom. The van der Waals surface area contributed by atoms with E-state index < -0.39 is 0 Å². The van der Waals surface area contributed by atoms with Crippen LogP contribution in [0.15, 0.2) is 42.5 Å². The molecule has 0 spiro atoms. The first kappa shape index (κ1) is 14.1. The van der Waals surface area contributed by atoms with Gasteiger partial charge in [0.15, 0.2) is 0 Å². The zero-order valence-electron chi connectivity index (χ0n) is 9.90. The van der Waals surface area contributed by atoms with Crippen molar-refractivity contribution in [2.24, 2.45) is 5.73 Å². The van der Waals surface area contributed by atoms with Gasteiger partial charge in [0, 0.05) is 10.6 Å². The summed E-state index contributed by atoms with van der Waals surface area (Å²) in [5.74, 6) is 0.657. The molecule has 2 nitrogen and oxygen atoms in total. The molecule has 0 bridgehead atoms. The monoisotopic (exact) mass is 311 g/mol. The molecule has 98 valence electrons. The van der Waals surface area contributed by atoms with Gasteiger partial charge in [-0.2, -0.15) is 0 Å². The molecule has 0 atom stereocenters. The van der Waals surface area contributed by atoms with Crippen LogP contribution in [0.25, 0.3) is 0 Å². The van der Waals surface area contributed by atoms with Crippen molar-refractivity contribution < 1.29 is 4.74 Å². The summed E-state index contributed by atoms with van der Waals surface area (Å²) < 4.78 is 5.64. The first-order valence-electron chi connectivity index (χ1n) is 5.53. The van der Waals surface area contributed by atoms with Gasteiger partial charge in [-0.3, -0.25) is 0 Å². The Balaban J connectivity index is 2.08. The standard InChI is InChI=1S/C14H11Cl2NOS/c15-10-3-1-2-9(6-10)8-18-11-4-5-12(14(17)19)13(16)7-11/h1-7H,8H2,(H2,17,19). The zero-order valence-corrected chi connectivity index (χ0v) is 12.2. The van der Waals surface area contributed by atoms with Crippen LogP contribution in [0.4, 0.5) is 0 Å². The summed E-state index contributed by atoms with van der Waals surface area (Å²) in [4.78, 5) is 0.270. The highest BCUT2D eigenvalue weighted by atomic mass is 35.5. The molecule has 19 heavy (non-hydrogen) atoms. The van der Waals surface area contributed by atoms with Gasteiger partial charge < -0.3 is 10.5 Å². The normalized spacial score (nSPS) is 10.2. The van der Waals surface area contributed by atoms with E-state index in [-0.39, 0.29) is 4.99 Å². The Bertz CT molecular complexity index is 616. The lowest BCUT2D eigenvalue weighted by Crippen LogP contribution is -2.09. The van der Waals surface area contributed by atoms with Gasteiger partial charge in [0.25, 0.3) is 0 Å². The Hall–Kier alpha value is -1.29. The summed E-state index contributed by atoms with van der Waals surface area (Å²) in [6, 6.07) is 12.7. The lowest BCUT2D eigenvalue weighted by atomic mass is 10.2. The number of hydrogen-bond acceptors (Lipinski definition) is 2. The third-order valence-electron chi connectivity index (χ3n) is 2.50. The van der Waals surface area contributed by atoms with Crippen molar-refractivity contribution in [3.8, 4) is 5.75 Å². The summed E-state index contributed by atoms with van der Waals surface area (Å²) in [6.07, 6.45) is 0. The van der Waals surface area contributed by atoms with Crippen LogP contribution in [0.2, 0.25) is 10.0 Å². The van der Waals surface area contributed by atoms with Gasteiger partial charge in [0.05, 0.1) is 5.02 Å². The molecule has 0 saturated heterocycles. The second kappa shape index (κ2) is 6.24. The van der Waals surface area contributed by atoms with Crippen LogP contribution in [-0.4, -0.2) is 4.99 Å². The van der Waals surface area contributed by atoms with E-state index in [1.165, 1.54) is 0 Å². The second-order valence-electron chi connectivity index (χ2n) is 3.92. The van der Waals surface area contributed by atoms with Crippen molar-refractivity contribution in [1.29, 1.82) is 0 Å². The van der Waals surface area contributed by atoms with Crippen molar-refractivity contribution in [1.82, 2.24) is 0 Å². The van der Waals surface area contributed by atoms with E-state index in [0.29, 0.717) is 28.0 Å². The minimum absolute atomic E-state index is 0.270. The fourth-order valence-corrected chi connectivity index (χ4v) is 2.30. The Morgan fingerprint density at radius 2 is 1.95 bits per heavy atom. The van der Waals surface area contributed by atoms with Crippen molar-refractivity contribution in [2.75, 3.05) is 0 Å². The molecule has 2 rings (SSSR count). The number of hydrogen-bond donors (Lipinski definition) is 1. The van der Waals surface area contributed by atoms with E-state index in [9.17, 15) is 0 Å². The van der Waals surface area contributed by atoms with E-state index in [4.69, 9.17) is 45.9 Å². The van der Waals surface area contributed by atoms with Crippen LogP contribution in [0, 0.1) is 0 Å². The van der Waals surface area contributed by atoms with Crippen molar-refractivity contribution in [3.05, 3.63) is 63.6 Å². The highest BCUT2D eigenvalue weighted by molar-refractivity contribution is 7.80. The van der Waals surface area contributed by atoms with Crippen LogP contribution in [0.3, 0.4) is 0 Å². The van der Waals surface area contributed by atoms with E-state index in [0.717, 1.165) is 5.56 Å². The third kappa shape index (κ3) is 3.83. The smallest absolute Gasteiger partial charge is 0.121 e. The van der Waals surface area contributed by atoms with Crippen molar-refractivity contribution in [3.63, 3.8) is 0 Å². The van der Waals surface area contributed by atoms with Gasteiger partial charge in [0.2, 0.25) is 0 Å². The number of benzene rings is 2. The largest absolute Gasteiger partial charge is 0.489 e. The maximum Gasteiger partial charge on any atom is 0.121 e. The van der Waals surface area contributed by atoms with Gasteiger partial charge in [-0.1, -0.05) is 47.6 Å². The molecule has 2 aromatic rings. The number of nitrogens with two attached hydrogens (primary N) is 1. The van der Waals surface area contributed by atoms with Crippen molar-refractivity contribution in [2.45, 2.75) is 6.61 Å². The SMILES string of the molecule is NC(=S)c1ccc(OCc2cccc(Cl)c2)cc1Cl. The van der Waals surface area contributed by atoms with Crippen LogP contribution in [0.5, 0.6) is 5.75 Å². The minimum atomic E-state index is 0.270. The van der Waals surface area contributed by atoms with Gasteiger partial charge in [-0.25, -0.2) is 0 Å². The number of ether oxygens (including phenoxy) is 1. The van der Waals surface area contributed by atoms with Crippen LogP contribution < -0.4 is 10.5 Å². The molecule has 0 radical (unpaired) electrons. The Morgan fingerprint density at radius 1 is 1.16 bits per heavy atom. The zero-order chi connectivity index (χ0) is 13.8. The van der Waals surface area contributed by atoms with Crippen molar-refractivity contribution >= 4 is 40.4 Å². The summed E-state index contributed by atoms with van der Waals surface area (Å²) >= 11 is 16.9. The first-order chi connectivity index (χ1) is 9.06. The lowest BCUT2D eigenvalue weighted by Gasteiger charge is -2.09. The predicted molar refractivity (Wildman–Crippen MR) is 83.1 cm³/mol. The van der Waals surface area contributed by atoms with E-state index in [2.05, 4.69) is 0 Å². The molecule has 5 heteroatoms. The maximum absolute atomic E-state index is 6.06. The molecule has 2 N–H and O–H groups in total. The number of rotatable bonds is 4. The second-order valence-corrected chi connectivity index (χ2v) is 5.21. The quantitative estimate of drug-likeness (QED) is 0.859. The average molecular weight is 312 g/mol. The predicted octanol–water partition coefficient (Wildman–Crippen LogP) is 4.21. The fraction of sp³-hybridized carbons (Fsp3) is 0.0714. The Labute approximate surface area is 127 Å². The van der Waals surface area contributed by atoms with Gasteiger partial charge in [-0.05, 0) is 35.9 Å². The molecule has 0 aromatic heterocycles. The molecule has 0 heterocycles. The number of halogens is 2. The molecule has 0 aliphatic carbocycles. The Kier molecular flexibility index (Phi) is 4.64. The van der Waals surface area contributed by atoms with Gasteiger partial charge >= 0.3 is 0 Å². The number of thiocarbonyl (C=S) groups is 1. The minimum Gasteiger partial charge on any atom is -0.489 e. The summed E-state index contributed by atoms with van der Waals surface area (Å²) in [5, 5.41) is 1.17. The molecular weight excluding hydrogens is 301 g/mol. The van der Waals surface area contributed by atoms with Gasteiger partial charge in [0.1, 0.15) is 17.3 Å². The molecule has 0 fully saturated rings. The highest BCUT2D eigenvalue weighted by Gasteiger charge is 2.05. The van der Waals surface area contributed by atoms with E-state index >= 15 is 0 Å². The van der Waals surface area contributed by atoms with E-state index in [1.54, 1.807) is 18.2 Å². The van der Waals surface area contributed by atoms with Crippen LogP contribution in [0.1, 0.15) is 11.1 Å². The fourth-order valence-electron chi connectivity index (χ4n) is 1.58. The summed E-state index contributed by atoms with van der Waals surface area (Å²) in [7, 11) is 0. The maximum atomic E-state index is 6.06. The summed E-state index contributed by atoms with van der Waals surface area (Å²) in [6.45, 7) is 0.420. The lowest BCUT2D eigenvalue weighted by molar-refractivity contribution is 0.306. The third-order valence-corrected chi connectivity index (χ3v) is 3.27. The molecule has 0 amide bonds. The molecule has 0 unspecified atom stereocenters. The average Bonchev–Trinajstić information content (AvgIpc) is 2.36. The molecule has 0 aliphatic heterocycles. The summed E-state index contributed by atoms with van der Waals surface area (Å²) in [5.41, 5.74) is 7.17. The topological polar surface area (TPSA) is 35.2 Å². The van der Waals surface area contributed by atoms with E-state index in [1.807, 2.05) is 24.3 Å². The molecule has 0 saturated carbocycles. The van der Waals surface area contributed by atoms with Crippen LogP contribution in [-0.2, 0) is 6.61 Å². The molecule has 2 aromatic carbocycles. The van der Waals surface area contributed by atoms with Gasteiger partial charge in [-0.15, -0.1) is 0 Å². The van der Waals surface area contributed by atoms with Crippen LogP contribution >= 0.6 is 35.4 Å². The molecular formula is C14H11Cl2NOS. The first-order valence-corrected chi connectivity index (χ1v) is 6.69.